The van der Waals surface area contributed by atoms with Crippen molar-refractivity contribution in [3.05, 3.63) is 71.0 Å². The number of hydrogen-bond acceptors (Lipinski definition) is 0. The van der Waals surface area contributed by atoms with Crippen LogP contribution in [0.2, 0.25) is 5.02 Å². The van der Waals surface area contributed by atoms with Crippen molar-refractivity contribution < 1.29 is 8.78 Å². The lowest BCUT2D eigenvalue weighted by Gasteiger charge is -2.27. The van der Waals surface area contributed by atoms with Crippen molar-refractivity contribution in [2.45, 2.75) is 38.0 Å². The topological polar surface area (TPSA) is 0 Å². The SMILES string of the molecule is FCC/C=C/C1CCC(c2ccc(-c3ccc(Cl)c(F)c3)cc2)CC1. The summed E-state index contributed by atoms with van der Waals surface area (Å²) < 4.78 is 25.8. The highest BCUT2D eigenvalue weighted by Crippen LogP contribution is 2.37. The van der Waals surface area contributed by atoms with Gasteiger partial charge >= 0.3 is 0 Å². The van der Waals surface area contributed by atoms with E-state index in [0.717, 1.165) is 24.0 Å². The molecule has 0 unspecified atom stereocenters. The molecule has 0 heterocycles. The number of hydrogen-bond donors (Lipinski definition) is 0. The van der Waals surface area contributed by atoms with Gasteiger partial charge in [0.25, 0.3) is 0 Å². The molecule has 0 aromatic heterocycles. The van der Waals surface area contributed by atoms with Gasteiger partial charge in [0.05, 0.1) is 11.7 Å². The number of alkyl halides is 1. The zero-order chi connectivity index (χ0) is 17.6. The smallest absolute Gasteiger partial charge is 0.142 e. The Morgan fingerprint density at radius 2 is 1.64 bits per heavy atom. The summed E-state index contributed by atoms with van der Waals surface area (Å²) in [4.78, 5) is 0. The first-order valence-electron chi connectivity index (χ1n) is 8.95. The number of benzene rings is 2. The first-order chi connectivity index (χ1) is 12.2. The third-order valence-corrected chi connectivity index (χ3v) is 5.40. The molecule has 0 nitrogen and oxygen atoms in total. The van der Waals surface area contributed by atoms with Crippen LogP contribution in [0.15, 0.2) is 54.6 Å². The van der Waals surface area contributed by atoms with Gasteiger partial charge in [-0.15, -0.1) is 0 Å². The highest BCUT2D eigenvalue weighted by atomic mass is 35.5. The minimum atomic E-state index is -0.387. The third kappa shape index (κ3) is 4.70. The van der Waals surface area contributed by atoms with Gasteiger partial charge in [-0.3, -0.25) is 4.39 Å². The van der Waals surface area contributed by atoms with E-state index in [-0.39, 0.29) is 17.5 Å². The Kier molecular flexibility index (Phi) is 6.25. The second kappa shape index (κ2) is 8.62. The van der Waals surface area contributed by atoms with E-state index < -0.39 is 0 Å². The van der Waals surface area contributed by atoms with Gasteiger partial charge in [-0.25, -0.2) is 4.39 Å². The van der Waals surface area contributed by atoms with Crippen molar-refractivity contribution in [2.24, 2.45) is 5.92 Å². The average molecular weight is 361 g/mol. The molecule has 0 amide bonds. The van der Waals surface area contributed by atoms with E-state index in [0.29, 0.717) is 18.3 Å². The van der Waals surface area contributed by atoms with E-state index >= 15 is 0 Å². The van der Waals surface area contributed by atoms with E-state index in [1.54, 1.807) is 6.07 Å². The summed E-state index contributed by atoms with van der Waals surface area (Å²) in [7, 11) is 0. The fraction of sp³-hybridized carbons (Fsp3) is 0.364. The van der Waals surface area contributed by atoms with Crippen LogP contribution < -0.4 is 0 Å². The zero-order valence-electron chi connectivity index (χ0n) is 14.2. The van der Waals surface area contributed by atoms with E-state index in [1.807, 2.05) is 12.1 Å². The standard InChI is InChI=1S/C22H23ClF2/c23-21-13-12-20(15-22(21)25)19-10-8-18(9-11-19)17-6-4-16(5-7-17)3-1-2-14-24/h1,3,8-13,15-17H,2,4-7,14H2/b3-1+. The molecule has 0 bridgehead atoms. The fourth-order valence-corrected chi connectivity index (χ4v) is 3.74. The Hall–Kier alpha value is -1.67. The van der Waals surface area contributed by atoms with Gasteiger partial charge in [-0.1, -0.05) is 54.1 Å². The second-order valence-corrected chi connectivity index (χ2v) is 7.18. The molecule has 0 saturated heterocycles. The summed E-state index contributed by atoms with van der Waals surface area (Å²) in [5, 5.41) is 0.151. The van der Waals surface area contributed by atoms with Crippen LogP contribution in [0.1, 0.15) is 43.6 Å². The maximum Gasteiger partial charge on any atom is 0.142 e. The molecular formula is C22H23ClF2. The molecule has 3 rings (SSSR count). The highest BCUT2D eigenvalue weighted by Gasteiger charge is 2.20. The normalized spacial score (nSPS) is 20.9. The number of halogens is 3. The summed E-state index contributed by atoms with van der Waals surface area (Å²) in [5.74, 6) is 0.795. The molecule has 2 aromatic rings. The lowest BCUT2D eigenvalue weighted by atomic mass is 9.78. The van der Waals surface area contributed by atoms with Crippen molar-refractivity contribution in [2.75, 3.05) is 6.67 Å². The quantitative estimate of drug-likeness (QED) is 0.489. The average Bonchev–Trinajstić information content (AvgIpc) is 2.65. The molecule has 0 radical (unpaired) electrons. The molecule has 3 heteroatoms. The molecule has 1 aliphatic carbocycles. The van der Waals surface area contributed by atoms with Crippen LogP contribution in [0, 0.1) is 11.7 Å². The molecule has 2 aromatic carbocycles. The Morgan fingerprint density at radius 3 is 2.28 bits per heavy atom. The molecule has 1 aliphatic rings. The van der Waals surface area contributed by atoms with Crippen molar-refractivity contribution in [1.29, 1.82) is 0 Å². The van der Waals surface area contributed by atoms with Crippen LogP contribution >= 0.6 is 11.6 Å². The van der Waals surface area contributed by atoms with E-state index in [4.69, 9.17) is 11.6 Å². The van der Waals surface area contributed by atoms with Gasteiger partial charge in [0.15, 0.2) is 0 Å². The van der Waals surface area contributed by atoms with Gasteiger partial charge in [-0.05, 0) is 72.8 Å². The Labute approximate surface area is 153 Å². The lowest BCUT2D eigenvalue weighted by molar-refractivity contribution is 0.375. The third-order valence-electron chi connectivity index (χ3n) is 5.09. The van der Waals surface area contributed by atoms with Crippen molar-refractivity contribution in [1.82, 2.24) is 0 Å². The van der Waals surface area contributed by atoms with Gasteiger partial charge in [0, 0.05) is 0 Å². The monoisotopic (exact) mass is 360 g/mol. The Balaban J connectivity index is 1.62. The largest absolute Gasteiger partial charge is 0.251 e. The van der Waals surface area contributed by atoms with Crippen molar-refractivity contribution in [3.8, 4) is 11.1 Å². The minimum absolute atomic E-state index is 0.151. The predicted molar refractivity (Wildman–Crippen MR) is 101 cm³/mol. The lowest BCUT2D eigenvalue weighted by Crippen LogP contribution is -2.11. The van der Waals surface area contributed by atoms with Crippen LogP contribution in [0.5, 0.6) is 0 Å². The maximum absolute atomic E-state index is 13.6. The van der Waals surface area contributed by atoms with Gasteiger partial charge in [0.2, 0.25) is 0 Å². The first kappa shape index (κ1) is 18.1. The highest BCUT2D eigenvalue weighted by molar-refractivity contribution is 6.30. The zero-order valence-corrected chi connectivity index (χ0v) is 15.0. The van der Waals surface area contributed by atoms with E-state index in [1.165, 1.54) is 24.5 Å². The molecule has 132 valence electrons. The van der Waals surface area contributed by atoms with Gasteiger partial charge < -0.3 is 0 Å². The molecule has 0 aliphatic heterocycles. The molecule has 0 atom stereocenters. The summed E-state index contributed by atoms with van der Waals surface area (Å²) >= 11 is 5.75. The second-order valence-electron chi connectivity index (χ2n) is 6.77. The Morgan fingerprint density at radius 1 is 0.960 bits per heavy atom. The summed E-state index contributed by atoms with van der Waals surface area (Å²) in [5.41, 5.74) is 3.20. The van der Waals surface area contributed by atoms with Crippen molar-refractivity contribution >= 4 is 11.6 Å². The van der Waals surface area contributed by atoms with Crippen molar-refractivity contribution in [3.63, 3.8) is 0 Å². The molecule has 1 fully saturated rings. The summed E-state index contributed by atoms with van der Waals surface area (Å²) in [6, 6.07) is 13.4. The minimum Gasteiger partial charge on any atom is -0.251 e. The number of rotatable bonds is 5. The number of allylic oxidation sites excluding steroid dienone is 2. The van der Waals surface area contributed by atoms with E-state index in [2.05, 4.69) is 30.3 Å². The fourth-order valence-electron chi connectivity index (χ4n) is 3.62. The van der Waals surface area contributed by atoms with E-state index in [9.17, 15) is 8.78 Å². The van der Waals surface area contributed by atoms with Gasteiger partial charge in [0.1, 0.15) is 5.82 Å². The molecule has 0 spiro atoms. The van der Waals surface area contributed by atoms with Crippen LogP contribution in [0.25, 0.3) is 11.1 Å². The van der Waals surface area contributed by atoms with Crippen LogP contribution in [0.4, 0.5) is 8.78 Å². The molecule has 25 heavy (non-hydrogen) atoms. The van der Waals surface area contributed by atoms with Crippen LogP contribution in [0.3, 0.4) is 0 Å². The molecule has 0 N–H and O–H groups in total. The van der Waals surface area contributed by atoms with Crippen LogP contribution in [-0.2, 0) is 0 Å². The van der Waals surface area contributed by atoms with Crippen LogP contribution in [-0.4, -0.2) is 6.67 Å². The van der Waals surface area contributed by atoms with Gasteiger partial charge in [-0.2, -0.15) is 0 Å². The first-order valence-corrected chi connectivity index (χ1v) is 9.33. The predicted octanol–water partition coefficient (Wildman–Crippen LogP) is 7.34. The summed E-state index contributed by atoms with van der Waals surface area (Å²) in [6.07, 6.45) is 9.36. The molecular weight excluding hydrogens is 338 g/mol. The molecule has 1 saturated carbocycles. The maximum atomic E-state index is 13.6. The summed E-state index contributed by atoms with van der Waals surface area (Å²) in [6.45, 7) is -0.268. The Bertz CT molecular complexity index is 713.